The second kappa shape index (κ2) is 17.7. The van der Waals surface area contributed by atoms with Crippen LogP contribution in [0.5, 0.6) is 0 Å². The molecule has 0 saturated heterocycles. The first-order valence-electron chi connectivity index (χ1n) is 12.8. The number of ether oxygens (including phenoxy) is 2. The number of nitrogens with zero attached hydrogens (tertiary/aromatic N) is 5. The minimum Gasteiger partial charge on any atom is -1.00 e. The predicted octanol–water partition coefficient (Wildman–Crippen LogP) is -3.02. The van der Waals surface area contributed by atoms with Crippen LogP contribution in [-0.2, 0) is 41.1 Å². The molecule has 3 heterocycles. The summed E-state index contributed by atoms with van der Waals surface area (Å²) in [7, 11) is 0. The Bertz CT molecular complexity index is 1360. The van der Waals surface area contributed by atoms with Crippen molar-refractivity contribution in [3.63, 3.8) is 0 Å². The van der Waals surface area contributed by atoms with Crippen molar-refractivity contribution in [1.29, 1.82) is 0 Å². The fraction of sp³-hybridized carbons (Fsp3) is 0.345. The summed E-state index contributed by atoms with van der Waals surface area (Å²) >= 11 is 0. The Morgan fingerprint density at radius 1 is 0.550 bits per heavy atom. The largest absolute Gasteiger partial charge is 1.00 e. The summed E-state index contributed by atoms with van der Waals surface area (Å²) in [4.78, 5) is 15.0. The van der Waals surface area contributed by atoms with Gasteiger partial charge in [0.25, 0.3) is 0 Å². The summed E-state index contributed by atoms with van der Waals surface area (Å²) in [5.74, 6) is 1.68. The van der Waals surface area contributed by atoms with Crippen LogP contribution in [0.3, 0.4) is 0 Å². The molecule has 11 heteroatoms. The summed E-state index contributed by atoms with van der Waals surface area (Å²) in [5, 5.41) is 0. The molecule has 0 aliphatic carbocycles. The van der Waals surface area contributed by atoms with Gasteiger partial charge in [-0.1, -0.05) is 44.2 Å². The van der Waals surface area contributed by atoms with Crippen LogP contribution in [0, 0.1) is 0 Å². The van der Waals surface area contributed by atoms with E-state index in [1.54, 1.807) is 0 Å². The molecule has 0 fully saturated rings. The molecule has 2 aromatic carbocycles. The van der Waals surface area contributed by atoms with Crippen molar-refractivity contribution in [2.75, 3.05) is 26.4 Å². The summed E-state index contributed by atoms with van der Waals surface area (Å²) < 4.78 is 16.0. The molecule has 0 bridgehead atoms. The number of halogens is 3. The van der Waals surface area contributed by atoms with E-state index in [2.05, 4.69) is 35.1 Å². The fourth-order valence-electron chi connectivity index (χ4n) is 4.48. The van der Waals surface area contributed by atoms with Crippen molar-refractivity contribution in [2.45, 2.75) is 39.8 Å². The van der Waals surface area contributed by atoms with E-state index in [0.29, 0.717) is 13.2 Å². The second-order valence-corrected chi connectivity index (χ2v) is 8.78. The smallest absolute Gasteiger partial charge is 0.159 e. The maximum Gasteiger partial charge on any atom is 0.159 e. The van der Waals surface area contributed by atoms with Gasteiger partial charge in [0.1, 0.15) is 11.4 Å². The number of para-hydroxylation sites is 4. The molecular weight excluding hydrogens is 608 g/mol. The number of imidazole rings is 2. The van der Waals surface area contributed by atoms with Crippen LogP contribution in [0.4, 0.5) is 0 Å². The van der Waals surface area contributed by atoms with Crippen molar-refractivity contribution >= 4 is 22.1 Å². The zero-order chi connectivity index (χ0) is 24.7. The number of pyridine rings is 1. The Morgan fingerprint density at radius 2 is 0.975 bits per heavy atom. The molecule has 0 N–H and O–H groups in total. The maximum absolute atomic E-state index is 5.80. The van der Waals surface area contributed by atoms with Crippen LogP contribution < -0.4 is 37.2 Å². The minimum absolute atomic E-state index is 0. The van der Waals surface area contributed by atoms with E-state index in [0.717, 1.165) is 84.2 Å². The van der Waals surface area contributed by atoms with Gasteiger partial charge >= 0.3 is 0 Å². The Balaban J connectivity index is 0.00000200. The van der Waals surface area contributed by atoms with Gasteiger partial charge in [0.15, 0.2) is 11.6 Å². The molecule has 40 heavy (non-hydrogen) atoms. The average molecular weight is 641 g/mol. The number of hydrogen-bond acceptors (Lipinski definition) is 5. The SMILES string of the molecule is CCCOCCn1c(-c2cccc(-c3nc4ccccc4n3CCOCCC)n2)nc2ccccc21.[Cl-].[Cl-].[Cl-].[V]. The van der Waals surface area contributed by atoms with Gasteiger partial charge in [0, 0.05) is 44.9 Å². The molecule has 0 aliphatic rings. The Labute approximate surface area is 266 Å². The zero-order valence-corrected chi connectivity index (χ0v) is 26.3. The van der Waals surface area contributed by atoms with E-state index in [1.807, 2.05) is 54.6 Å². The molecule has 0 aliphatic heterocycles. The number of fused-ring (bicyclic) bond motifs is 2. The summed E-state index contributed by atoms with van der Waals surface area (Å²) in [6.45, 7) is 8.46. The molecule has 3 aromatic heterocycles. The van der Waals surface area contributed by atoms with Crippen LogP contribution in [0.25, 0.3) is 45.1 Å². The molecule has 1 radical (unpaired) electrons. The predicted molar refractivity (Wildman–Crippen MR) is 144 cm³/mol. The Kier molecular flexibility index (Phi) is 15.9. The van der Waals surface area contributed by atoms with E-state index < -0.39 is 0 Å². The van der Waals surface area contributed by atoms with Gasteiger partial charge < -0.3 is 55.8 Å². The topological polar surface area (TPSA) is 67.0 Å². The second-order valence-electron chi connectivity index (χ2n) is 8.78. The van der Waals surface area contributed by atoms with Gasteiger partial charge in [0.05, 0.1) is 35.3 Å². The molecule has 5 aromatic rings. The third-order valence-corrected chi connectivity index (χ3v) is 6.13. The molecule has 5 rings (SSSR count). The van der Waals surface area contributed by atoms with Crippen LogP contribution in [0.1, 0.15) is 26.7 Å². The number of hydrogen-bond donors (Lipinski definition) is 0. The summed E-state index contributed by atoms with van der Waals surface area (Å²) in [6, 6.07) is 22.5. The van der Waals surface area contributed by atoms with Gasteiger partial charge in [0.2, 0.25) is 0 Å². The molecule has 0 atom stereocenters. The third kappa shape index (κ3) is 8.01. The minimum atomic E-state index is 0. The van der Waals surface area contributed by atoms with Crippen LogP contribution in [-0.4, -0.2) is 50.5 Å². The molecule has 0 amide bonds. The maximum atomic E-state index is 5.80. The fourth-order valence-corrected chi connectivity index (χ4v) is 4.48. The Morgan fingerprint density at radius 3 is 1.40 bits per heavy atom. The van der Waals surface area contributed by atoms with Gasteiger partial charge in [-0.25, -0.2) is 15.0 Å². The third-order valence-electron chi connectivity index (χ3n) is 6.13. The van der Waals surface area contributed by atoms with E-state index in [4.69, 9.17) is 24.4 Å². The molecule has 0 saturated carbocycles. The van der Waals surface area contributed by atoms with Gasteiger partial charge in [-0.05, 0) is 49.2 Å². The summed E-state index contributed by atoms with van der Waals surface area (Å²) in [6.07, 6.45) is 2.01. The van der Waals surface area contributed by atoms with Gasteiger partial charge in [-0.2, -0.15) is 0 Å². The monoisotopic (exact) mass is 639 g/mol. The summed E-state index contributed by atoms with van der Waals surface area (Å²) in [5.41, 5.74) is 5.71. The van der Waals surface area contributed by atoms with Crippen molar-refractivity contribution in [2.24, 2.45) is 0 Å². The van der Waals surface area contributed by atoms with Gasteiger partial charge in [-0.15, -0.1) is 0 Å². The van der Waals surface area contributed by atoms with E-state index in [1.165, 1.54) is 0 Å². The number of rotatable bonds is 12. The Hall–Kier alpha value is -2.10. The first kappa shape index (κ1) is 35.9. The molecule has 7 nitrogen and oxygen atoms in total. The average Bonchev–Trinajstić information content (AvgIpc) is 3.48. The van der Waals surface area contributed by atoms with Crippen molar-refractivity contribution in [3.05, 3.63) is 66.7 Å². The van der Waals surface area contributed by atoms with E-state index >= 15 is 0 Å². The van der Waals surface area contributed by atoms with Crippen molar-refractivity contribution < 1.29 is 65.3 Å². The van der Waals surface area contributed by atoms with E-state index in [-0.39, 0.29) is 55.8 Å². The molecule has 215 valence electrons. The molecule has 0 unspecified atom stereocenters. The number of aromatic nitrogens is 5. The van der Waals surface area contributed by atoms with Crippen LogP contribution in [0.2, 0.25) is 0 Å². The standard InChI is InChI=1S/C29H33N5O2.3ClH.V/c1-3-18-35-20-16-33-26-14-7-5-10-22(26)31-28(33)24-12-9-13-25(30-24)29-32-23-11-6-8-15-27(23)34(29)17-21-36-19-4-2;;;;/h5-15H,3-4,16-21H2,1-2H3;3*1H;/p-3. The zero-order valence-electron chi connectivity index (χ0n) is 22.6. The normalized spacial score (nSPS) is 10.4. The van der Waals surface area contributed by atoms with E-state index in [9.17, 15) is 0 Å². The first-order chi connectivity index (χ1) is 17.8. The van der Waals surface area contributed by atoms with Crippen LogP contribution >= 0.6 is 0 Å². The van der Waals surface area contributed by atoms with Crippen molar-refractivity contribution in [3.8, 4) is 23.0 Å². The first-order valence-corrected chi connectivity index (χ1v) is 12.8. The number of benzene rings is 2. The quantitative estimate of drug-likeness (QED) is 0.136. The van der Waals surface area contributed by atoms with Gasteiger partial charge in [-0.3, -0.25) is 0 Å². The van der Waals surface area contributed by atoms with Crippen LogP contribution in [0.15, 0.2) is 66.7 Å². The van der Waals surface area contributed by atoms with Crippen molar-refractivity contribution in [1.82, 2.24) is 24.1 Å². The molecular formula is C29H33Cl3N5O2V-3. The molecule has 0 spiro atoms.